The van der Waals surface area contributed by atoms with E-state index in [1.165, 1.54) is 18.2 Å². The molecule has 1 fully saturated rings. The number of aryl methyl sites for hydroxylation is 2. The Morgan fingerprint density at radius 1 is 0.951 bits per heavy atom. The van der Waals surface area contributed by atoms with Crippen molar-refractivity contribution in [3.8, 4) is 5.75 Å². The highest BCUT2D eigenvalue weighted by Crippen LogP contribution is 2.34. The Morgan fingerprint density at radius 3 is 2.44 bits per heavy atom. The number of azo groups is 1. The first-order valence-corrected chi connectivity index (χ1v) is 13.0. The van der Waals surface area contributed by atoms with Gasteiger partial charge in [-0.25, -0.2) is 0 Å². The summed E-state index contributed by atoms with van der Waals surface area (Å²) in [5, 5.41) is 13.6. The molecule has 0 radical (unpaired) electrons. The molecule has 0 saturated carbocycles. The van der Waals surface area contributed by atoms with Crippen molar-refractivity contribution in [2.24, 2.45) is 10.2 Å². The van der Waals surface area contributed by atoms with Crippen LogP contribution >= 0.6 is 0 Å². The van der Waals surface area contributed by atoms with E-state index in [-0.39, 0.29) is 29.7 Å². The molecule has 41 heavy (non-hydrogen) atoms. The van der Waals surface area contributed by atoms with Crippen LogP contribution in [0.15, 0.2) is 64.8 Å². The highest BCUT2D eigenvalue weighted by atomic mass is 16.5. The summed E-state index contributed by atoms with van der Waals surface area (Å²) in [5.74, 6) is -2.96. The molecule has 3 aromatic rings. The van der Waals surface area contributed by atoms with Gasteiger partial charge in [0.05, 0.1) is 22.5 Å². The van der Waals surface area contributed by atoms with E-state index in [1.807, 2.05) is 18.2 Å². The number of carbonyl (C=O) groups excluding carboxylic acids is 5. The van der Waals surface area contributed by atoms with Crippen molar-refractivity contribution in [2.75, 3.05) is 17.7 Å². The molecule has 0 spiro atoms. The number of fused-ring (bicyclic) bond motifs is 3. The van der Waals surface area contributed by atoms with Crippen LogP contribution in [0.25, 0.3) is 0 Å². The third-order valence-electron chi connectivity index (χ3n) is 7.18. The van der Waals surface area contributed by atoms with Gasteiger partial charge in [-0.3, -0.25) is 34.2 Å². The van der Waals surface area contributed by atoms with E-state index in [9.17, 15) is 24.0 Å². The van der Waals surface area contributed by atoms with Gasteiger partial charge in [-0.1, -0.05) is 6.07 Å². The smallest absolute Gasteiger partial charge is 0.266 e. The van der Waals surface area contributed by atoms with Gasteiger partial charge >= 0.3 is 0 Å². The second-order valence-electron chi connectivity index (χ2n) is 9.89. The highest BCUT2D eigenvalue weighted by molar-refractivity contribution is 6.24. The van der Waals surface area contributed by atoms with Gasteiger partial charge in [0, 0.05) is 17.8 Å². The Kier molecular flexibility index (Phi) is 6.50. The average Bonchev–Trinajstić information content (AvgIpc) is 3.19. The first-order valence-electron chi connectivity index (χ1n) is 13.0. The molecular formula is C29H24N6O6. The minimum atomic E-state index is -1.10. The van der Waals surface area contributed by atoms with Crippen LogP contribution in [0.4, 0.5) is 22.7 Å². The first-order chi connectivity index (χ1) is 19.8. The van der Waals surface area contributed by atoms with E-state index >= 15 is 0 Å². The summed E-state index contributed by atoms with van der Waals surface area (Å²) in [6.45, 7) is -0.431. The lowest BCUT2D eigenvalue weighted by atomic mass is 10.00. The lowest BCUT2D eigenvalue weighted by molar-refractivity contribution is -0.136. The van der Waals surface area contributed by atoms with Gasteiger partial charge in [-0.05, 0) is 78.9 Å². The summed E-state index contributed by atoms with van der Waals surface area (Å²) in [5.41, 5.74) is 10.5. The third kappa shape index (κ3) is 4.91. The zero-order valence-electron chi connectivity index (χ0n) is 21.7. The highest BCUT2D eigenvalue weighted by Gasteiger charge is 2.46. The van der Waals surface area contributed by atoms with Crippen molar-refractivity contribution in [3.05, 3.63) is 76.9 Å². The Labute approximate surface area is 233 Å². The fourth-order valence-corrected chi connectivity index (χ4v) is 5.19. The van der Waals surface area contributed by atoms with Crippen molar-refractivity contribution in [2.45, 2.75) is 31.7 Å². The number of nitrogens with one attached hydrogen (secondary N) is 2. The summed E-state index contributed by atoms with van der Waals surface area (Å²) in [6.07, 6.45) is 1.42. The number of imide groups is 2. The molecule has 3 aliphatic heterocycles. The van der Waals surface area contributed by atoms with Crippen molar-refractivity contribution in [3.63, 3.8) is 0 Å². The number of nitrogens with zero attached hydrogens (tertiary/aromatic N) is 3. The molecule has 1 unspecified atom stereocenters. The molecule has 3 heterocycles. The van der Waals surface area contributed by atoms with E-state index in [0.29, 0.717) is 29.9 Å². The second-order valence-corrected chi connectivity index (χ2v) is 9.89. The normalized spacial score (nSPS) is 18.4. The van der Waals surface area contributed by atoms with Crippen molar-refractivity contribution in [1.29, 1.82) is 0 Å². The number of amides is 5. The average molecular weight is 553 g/mol. The minimum absolute atomic E-state index is 0.0147. The number of benzene rings is 3. The monoisotopic (exact) mass is 552 g/mol. The van der Waals surface area contributed by atoms with Gasteiger partial charge in [0.25, 0.3) is 17.7 Å². The van der Waals surface area contributed by atoms with E-state index < -0.39 is 42.2 Å². The van der Waals surface area contributed by atoms with Crippen LogP contribution in [-0.2, 0) is 27.2 Å². The zero-order chi connectivity index (χ0) is 28.7. The van der Waals surface area contributed by atoms with Crippen molar-refractivity contribution in [1.82, 2.24) is 10.2 Å². The van der Waals surface area contributed by atoms with E-state index in [1.54, 1.807) is 18.2 Å². The van der Waals surface area contributed by atoms with Crippen LogP contribution in [0, 0.1) is 0 Å². The maximum absolute atomic E-state index is 13.2. The van der Waals surface area contributed by atoms with E-state index in [0.717, 1.165) is 21.7 Å². The van der Waals surface area contributed by atoms with E-state index in [4.69, 9.17) is 10.5 Å². The summed E-state index contributed by atoms with van der Waals surface area (Å²) in [7, 11) is 0. The predicted molar refractivity (Wildman–Crippen MR) is 146 cm³/mol. The maximum Gasteiger partial charge on any atom is 0.266 e. The van der Waals surface area contributed by atoms with Crippen LogP contribution in [0.1, 0.15) is 44.7 Å². The fraction of sp³-hybridized carbons (Fsp3) is 0.207. The number of rotatable bonds is 5. The molecule has 12 nitrogen and oxygen atoms in total. The number of anilines is 2. The molecule has 3 aliphatic rings. The van der Waals surface area contributed by atoms with Gasteiger partial charge in [0.1, 0.15) is 11.8 Å². The Bertz CT molecular complexity index is 1680. The fourth-order valence-electron chi connectivity index (χ4n) is 5.19. The molecule has 0 aromatic heterocycles. The lowest BCUT2D eigenvalue weighted by Crippen LogP contribution is -2.54. The van der Waals surface area contributed by atoms with Gasteiger partial charge in [-0.15, -0.1) is 0 Å². The van der Waals surface area contributed by atoms with Crippen LogP contribution < -0.4 is 21.1 Å². The molecule has 0 aliphatic carbocycles. The number of hydrogen-bond donors (Lipinski definition) is 3. The topological polar surface area (TPSA) is 173 Å². The minimum Gasteiger partial charge on any atom is -0.483 e. The number of carbonyl (C=O) groups is 5. The summed E-state index contributed by atoms with van der Waals surface area (Å²) < 4.78 is 5.67. The summed E-state index contributed by atoms with van der Waals surface area (Å²) >= 11 is 0. The predicted octanol–water partition coefficient (Wildman–Crippen LogP) is 3.20. The zero-order valence-corrected chi connectivity index (χ0v) is 21.7. The molecule has 3 aromatic carbocycles. The van der Waals surface area contributed by atoms with Crippen molar-refractivity contribution < 1.29 is 28.7 Å². The molecular weight excluding hydrogens is 528 g/mol. The number of ether oxygens (including phenoxy) is 1. The lowest BCUT2D eigenvalue weighted by Gasteiger charge is -2.27. The van der Waals surface area contributed by atoms with Crippen LogP contribution in [-0.4, -0.2) is 47.1 Å². The van der Waals surface area contributed by atoms with Crippen LogP contribution in [0.2, 0.25) is 0 Å². The number of nitrogens with two attached hydrogens (primary N) is 1. The largest absolute Gasteiger partial charge is 0.483 e. The third-order valence-corrected chi connectivity index (χ3v) is 7.18. The first kappa shape index (κ1) is 25.9. The number of hydrogen-bond acceptors (Lipinski definition) is 9. The maximum atomic E-state index is 13.2. The van der Waals surface area contributed by atoms with Gasteiger partial charge in [0.15, 0.2) is 6.61 Å². The molecule has 4 N–H and O–H groups in total. The van der Waals surface area contributed by atoms with Gasteiger partial charge < -0.3 is 15.8 Å². The molecule has 12 heteroatoms. The Morgan fingerprint density at radius 2 is 1.68 bits per heavy atom. The molecule has 1 saturated heterocycles. The Balaban J connectivity index is 1.13. The summed E-state index contributed by atoms with van der Waals surface area (Å²) in [4.78, 5) is 63.7. The number of nitrogen functional groups attached to an aromatic ring is 1. The summed E-state index contributed by atoms with van der Waals surface area (Å²) in [6, 6.07) is 14.2. The van der Waals surface area contributed by atoms with Gasteiger partial charge in [-0.2, -0.15) is 10.2 Å². The molecule has 6 rings (SSSR count). The number of piperidine rings is 1. The van der Waals surface area contributed by atoms with E-state index in [2.05, 4.69) is 20.9 Å². The Hall–Kier alpha value is -5.39. The molecule has 1 atom stereocenters. The molecule has 206 valence electrons. The molecule has 0 bridgehead atoms. The second kappa shape index (κ2) is 10.3. The van der Waals surface area contributed by atoms with Crippen LogP contribution in [0.5, 0.6) is 5.75 Å². The van der Waals surface area contributed by atoms with Gasteiger partial charge in [0.2, 0.25) is 11.8 Å². The SMILES string of the molecule is Nc1ccc2c(c1)CCc1cc(NC(=O)COc3cccc4c3C(=O)N(C3CCC(=O)NC3=O)C4=O)ccc1/N=N\2. The standard InChI is InChI=1S/C29H24N6O6/c30-17-6-8-20-15(12-17)4-5-16-13-18(7-9-21(16)34-33-20)31-25(37)14-41-23-3-1-2-19-26(23)29(40)35(28(19)39)22-10-11-24(36)32-27(22)38/h1-3,6-9,12-13,22H,4-5,10-11,14,30H2,(H,31,37)(H,32,36,38)/b34-33-. The van der Waals surface area contributed by atoms with Crippen molar-refractivity contribution >= 4 is 52.3 Å². The van der Waals surface area contributed by atoms with Crippen LogP contribution in [0.3, 0.4) is 0 Å². The quantitative estimate of drug-likeness (QED) is 0.322. The molecule has 5 amide bonds.